The number of hydrogen-bond donors (Lipinski definition) is 2. The van der Waals surface area contributed by atoms with Crippen LogP contribution >= 0.6 is 0 Å². The molecule has 1 fully saturated rings. The highest BCUT2D eigenvalue weighted by Crippen LogP contribution is 2.31. The van der Waals surface area contributed by atoms with Gasteiger partial charge in [-0.05, 0) is 59.0 Å². The summed E-state index contributed by atoms with van der Waals surface area (Å²) in [4.78, 5) is 14.5. The van der Waals surface area contributed by atoms with E-state index >= 15 is 0 Å². The molecule has 0 spiro atoms. The molecule has 1 amide bonds. The standard InChI is InChI=1S/C15H31N3O/c1-5-10-18(6-2)13-8-7-9-15(11-13,14(16)19)17-12(3)4/h12-13,17H,5-11H2,1-4H3,(H2,16,19). The van der Waals surface area contributed by atoms with Crippen LogP contribution in [0.1, 0.15) is 59.8 Å². The summed E-state index contributed by atoms with van der Waals surface area (Å²) in [7, 11) is 0. The number of rotatable bonds is 7. The first-order valence-electron chi connectivity index (χ1n) is 7.76. The van der Waals surface area contributed by atoms with Gasteiger partial charge >= 0.3 is 0 Å². The van der Waals surface area contributed by atoms with Crippen molar-refractivity contribution in [2.24, 2.45) is 5.73 Å². The van der Waals surface area contributed by atoms with Gasteiger partial charge in [-0.15, -0.1) is 0 Å². The first-order chi connectivity index (χ1) is 8.95. The van der Waals surface area contributed by atoms with Crippen molar-refractivity contribution in [1.82, 2.24) is 10.2 Å². The minimum absolute atomic E-state index is 0.182. The number of hydrogen-bond acceptors (Lipinski definition) is 3. The molecule has 1 rings (SSSR count). The highest BCUT2D eigenvalue weighted by atomic mass is 16.1. The molecule has 4 nitrogen and oxygen atoms in total. The Bertz CT molecular complexity index is 293. The molecule has 3 N–H and O–H groups in total. The van der Waals surface area contributed by atoms with E-state index in [2.05, 4.69) is 37.9 Å². The highest BCUT2D eigenvalue weighted by molar-refractivity contribution is 5.85. The summed E-state index contributed by atoms with van der Waals surface area (Å²) in [6.45, 7) is 10.7. The second-order valence-corrected chi connectivity index (χ2v) is 6.12. The van der Waals surface area contributed by atoms with Gasteiger partial charge < -0.3 is 16.0 Å². The fourth-order valence-electron chi connectivity index (χ4n) is 3.42. The Morgan fingerprint density at radius 3 is 2.63 bits per heavy atom. The topological polar surface area (TPSA) is 58.4 Å². The molecule has 4 heteroatoms. The van der Waals surface area contributed by atoms with E-state index in [0.29, 0.717) is 6.04 Å². The third kappa shape index (κ3) is 4.18. The van der Waals surface area contributed by atoms with E-state index < -0.39 is 5.54 Å². The van der Waals surface area contributed by atoms with Crippen LogP contribution in [0.5, 0.6) is 0 Å². The Morgan fingerprint density at radius 1 is 1.47 bits per heavy atom. The van der Waals surface area contributed by atoms with Crippen LogP contribution in [0.15, 0.2) is 0 Å². The van der Waals surface area contributed by atoms with Crippen molar-refractivity contribution >= 4 is 5.91 Å². The highest BCUT2D eigenvalue weighted by Gasteiger charge is 2.42. The number of nitrogens with zero attached hydrogens (tertiary/aromatic N) is 1. The fourth-order valence-corrected chi connectivity index (χ4v) is 3.42. The quantitative estimate of drug-likeness (QED) is 0.742. The van der Waals surface area contributed by atoms with Crippen LogP contribution in [0, 0.1) is 0 Å². The molecule has 0 aromatic carbocycles. The SMILES string of the molecule is CCCN(CC)C1CCCC(NC(C)C)(C(N)=O)C1. The Kier molecular flexibility index (Phi) is 6.27. The van der Waals surface area contributed by atoms with E-state index in [1.165, 1.54) is 6.42 Å². The van der Waals surface area contributed by atoms with E-state index in [4.69, 9.17) is 5.73 Å². The summed E-state index contributed by atoms with van der Waals surface area (Å²) in [6, 6.07) is 0.768. The maximum Gasteiger partial charge on any atom is 0.237 e. The molecule has 19 heavy (non-hydrogen) atoms. The first-order valence-corrected chi connectivity index (χ1v) is 7.76. The van der Waals surface area contributed by atoms with Gasteiger partial charge in [-0.25, -0.2) is 0 Å². The average Bonchev–Trinajstić information content (AvgIpc) is 2.35. The van der Waals surface area contributed by atoms with Crippen LogP contribution in [0.25, 0.3) is 0 Å². The van der Waals surface area contributed by atoms with Crippen molar-refractivity contribution in [3.05, 3.63) is 0 Å². The van der Waals surface area contributed by atoms with Gasteiger partial charge in [-0.3, -0.25) is 4.79 Å². The lowest BCUT2D eigenvalue weighted by Crippen LogP contribution is -2.62. The molecule has 0 aromatic rings. The maximum atomic E-state index is 12.0. The molecule has 0 aromatic heterocycles. The third-order valence-corrected chi connectivity index (χ3v) is 4.20. The molecule has 0 saturated heterocycles. The van der Waals surface area contributed by atoms with E-state index in [0.717, 1.165) is 38.8 Å². The number of nitrogens with two attached hydrogens (primary N) is 1. The predicted molar refractivity (Wildman–Crippen MR) is 80.0 cm³/mol. The lowest BCUT2D eigenvalue weighted by atomic mass is 9.77. The molecular formula is C15H31N3O. The van der Waals surface area contributed by atoms with Gasteiger partial charge in [0.2, 0.25) is 5.91 Å². The van der Waals surface area contributed by atoms with E-state index in [9.17, 15) is 4.79 Å². The van der Waals surface area contributed by atoms with Crippen LogP contribution in [-0.4, -0.2) is 41.5 Å². The van der Waals surface area contributed by atoms with Crippen LogP contribution in [0.2, 0.25) is 0 Å². The summed E-state index contributed by atoms with van der Waals surface area (Å²) < 4.78 is 0. The molecule has 1 aliphatic rings. The molecule has 2 unspecified atom stereocenters. The Balaban J connectivity index is 2.81. The molecular weight excluding hydrogens is 238 g/mol. The monoisotopic (exact) mass is 269 g/mol. The number of carbonyl (C=O) groups is 1. The summed E-state index contributed by atoms with van der Waals surface area (Å²) in [6.07, 6.45) is 5.15. The molecule has 0 aliphatic heterocycles. The third-order valence-electron chi connectivity index (χ3n) is 4.20. The smallest absolute Gasteiger partial charge is 0.237 e. The van der Waals surface area contributed by atoms with Gasteiger partial charge in [0.15, 0.2) is 0 Å². The zero-order valence-corrected chi connectivity index (χ0v) is 13.0. The van der Waals surface area contributed by atoms with Crippen molar-refractivity contribution in [2.75, 3.05) is 13.1 Å². The minimum atomic E-state index is -0.502. The molecule has 112 valence electrons. The van der Waals surface area contributed by atoms with Crippen LogP contribution < -0.4 is 11.1 Å². The van der Waals surface area contributed by atoms with Crippen LogP contribution in [0.4, 0.5) is 0 Å². The van der Waals surface area contributed by atoms with Gasteiger partial charge in [0.1, 0.15) is 0 Å². The normalized spacial score (nSPS) is 28.0. The lowest BCUT2D eigenvalue weighted by molar-refractivity contribution is -0.127. The molecule has 2 atom stereocenters. The predicted octanol–water partition coefficient (Wildman–Crippen LogP) is 1.88. The van der Waals surface area contributed by atoms with Crippen molar-refractivity contribution in [3.8, 4) is 0 Å². The molecule has 1 saturated carbocycles. The average molecular weight is 269 g/mol. The van der Waals surface area contributed by atoms with E-state index in [-0.39, 0.29) is 11.9 Å². The molecule has 0 radical (unpaired) electrons. The zero-order valence-electron chi connectivity index (χ0n) is 13.0. The Morgan fingerprint density at radius 2 is 2.16 bits per heavy atom. The first kappa shape index (κ1) is 16.4. The zero-order chi connectivity index (χ0) is 14.5. The second-order valence-electron chi connectivity index (χ2n) is 6.12. The van der Waals surface area contributed by atoms with Gasteiger partial charge in [-0.2, -0.15) is 0 Å². The minimum Gasteiger partial charge on any atom is -0.368 e. The Labute approximate surface area is 118 Å². The van der Waals surface area contributed by atoms with Crippen molar-refractivity contribution < 1.29 is 4.79 Å². The molecule has 1 aliphatic carbocycles. The maximum absolute atomic E-state index is 12.0. The summed E-state index contributed by atoms with van der Waals surface area (Å²) in [5.74, 6) is -0.182. The van der Waals surface area contributed by atoms with Gasteiger partial charge in [0.05, 0.1) is 5.54 Å². The van der Waals surface area contributed by atoms with Crippen LogP contribution in [-0.2, 0) is 4.79 Å². The lowest BCUT2D eigenvalue weighted by Gasteiger charge is -2.44. The number of primary amides is 1. The van der Waals surface area contributed by atoms with Crippen LogP contribution in [0.3, 0.4) is 0 Å². The summed E-state index contributed by atoms with van der Waals surface area (Å²) in [5, 5.41) is 3.44. The second kappa shape index (κ2) is 7.25. The van der Waals surface area contributed by atoms with Crippen molar-refractivity contribution in [1.29, 1.82) is 0 Å². The number of carbonyl (C=O) groups excluding carboxylic acids is 1. The number of amides is 1. The van der Waals surface area contributed by atoms with E-state index in [1.54, 1.807) is 0 Å². The summed E-state index contributed by atoms with van der Waals surface area (Å²) >= 11 is 0. The van der Waals surface area contributed by atoms with Gasteiger partial charge in [-0.1, -0.05) is 13.8 Å². The van der Waals surface area contributed by atoms with Crippen molar-refractivity contribution in [2.45, 2.75) is 77.4 Å². The number of nitrogens with one attached hydrogen (secondary N) is 1. The molecule has 0 bridgehead atoms. The largest absolute Gasteiger partial charge is 0.368 e. The van der Waals surface area contributed by atoms with Crippen molar-refractivity contribution in [3.63, 3.8) is 0 Å². The molecule has 0 heterocycles. The Hall–Kier alpha value is -0.610. The van der Waals surface area contributed by atoms with Gasteiger partial charge in [0.25, 0.3) is 0 Å². The van der Waals surface area contributed by atoms with Gasteiger partial charge in [0, 0.05) is 12.1 Å². The van der Waals surface area contributed by atoms with E-state index in [1.807, 2.05) is 0 Å². The summed E-state index contributed by atoms with van der Waals surface area (Å²) in [5.41, 5.74) is 5.21. The fraction of sp³-hybridized carbons (Fsp3) is 0.933.